The summed E-state index contributed by atoms with van der Waals surface area (Å²) in [6.07, 6.45) is 0. The summed E-state index contributed by atoms with van der Waals surface area (Å²) in [7, 11) is -1.75. The first-order valence-electron chi connectivity index (χ1n) is 6.53. The zero-order chi connectivity index (χ0) is 14.3. The maximum atomic E-state index is 12.7. The van der Waals surface area contributed by atoms with E-state index in [1.54, 1.807) is 19.2 Å². The molecule has 0 aliphatic carbocycles. The molecule has 1 fully saturated rings. The maximum absolute atomic E-state index is 12.7. The lowest BCUT2D eigenvalue weighted by Crippen LogP contribution is -2.57. The zero-order valence-electron chi connectivity index (χ0n) is 12.0. The Morgan fingerprint density at radius 1 is 1.21 bits per heavy atom. The van der Waals surface area contributed by atoms with Crippen LogP contribution in [0.4, 0.5) is 0 Å². The van der Waals surface area contributed by atoms with Crippen molar-refractivity contribution in [2.75, 3.05) is 20.1 Å². The van der Waals surface area contributed by atoms with E-state index in [4.69, 9.17) is 0 Å². The van der Waals surface area contributed by atoms with E-state index in [2.05, 4.69) is 5.32 Å². The molecule has 0 unspecified atom stereocenters. The molecule has 1 aliphatic heterocycles. The number of hydrogen-bond acceptors (Lipinski definition) is 3. The van der Waals surface area contributed by atoms with Crippen LogP contribution in [0.2, 0.25) is 0 Å². The second-order valence-corrected chi connectivity index (χ2v) is 8.05. The summed E-state index contributed by atoms with van der Waals surface area (Å²) in [4.78, 5) is 0.428. The summed E-state index contributed by atoms with van der Waals surface area (Å²) in [5.41, 5.74) is 0.677. The number of likely N-dealkylation sites (N-methyl/N-ethyl adjacent to an activating group) is 1. The quantitative estimate of drug-likeness (QED) is 0.915. The van der Waals surface area contributed by atoms with Crippen LogP contribution in [-0.4, -0.2) is 38.9 Å². The molecule has 0 bridgehead atoms. The fourth-order valence-corrected chi connectivity index (χ4v) is 3.95. The smallest absolute Gasteiger partial charge is 0.243 e. The van der Waals surface area contributed by atoms with E-state index in [9.17, 15) is 8.42 Å². The minimum absolute atomic E-state index is 0.0676. The third kappa shape index (κ3) is 2.68. The molecule has 1 heterocycles. The lowest BCUT2D eigenvalue weighted by molar-refractivity contribution is 0.274. The van der Waals surface area contributed by atoms with Gasteiger partial charge in [-0.15, -0.1) is 0 Å². The van der Waals surface area contributed by atoms with Gasteiger partial charge in [-0.3, -0.25) is 0 Å². The van der Waals surface area contributed by atoms with E-state index in [0.29, 0.717) is 4.90 Å². The van der Waals surface area contributed by atoms with E-state index in [-0.39, 0.29) is 11.5 Å². The molecule has 1 aromatic carbocycles. The second-order valence-electron chi connectivity index (χ2n) is 6.08. The Morgan fingerprint density at radius 2 is 1.79 bits per heavy atom. The van der Waals surface area contributed by atoms with Crippen LogP contribution < -0.4 is 5.32 Å². The van der Waals surface area contributed by atoms with Gasteiger partial charge in [-0.25, -0.2) is 8.42 Å². The Hall–Kier alpha value is -0.910. The van der Waals surface area contributed by atoms with Crippen molar-refractivity contribution in [3.05, 3.63) is 29.8 Å². The first-order chi connectivity index (χ1) is 8.74. The Morgan fingerprint density at radius 3 is 2.26 bits per heavy atom. The topological polar surface area (TPSA) is 49.4 Å². The molecule has 1 aliphatic rings. The number of rotatable bonds is 3. The summed E-state index contributed by atoms with van der Waals surface area (Å²) in [5.74, 6) is 0. The molecule has 0 saturated carbocycles. The molecule has 4 nitrogen and oxygen atoms in total. The van der Waals surface area contributed by atoms with Gasteiger partial charge in [-0.1, -0.05) is 39.0 Å². The van der Waals surface area contributed by atoms with E-state index >= 15 is 0 Å². The van der Waals surface area contributed by atoms with Gasteiger partial charge in [0.1, 0.15) is 0 Å². The molecular weight excluding hydrogens is 260 g/mol. The fraction of sp³-hybridized carbons (Fsp3) is 0.571. The number of nitrogens with zero attached hydrogens (tertiary/aromatic N) is 1. The maximum Gasteiger partial charge on any atom is 0.243 e. The average molecular weight is 282 g/mol. The molecule has 5 heteroatoms. The van der Waals surface area contributed by atoms with E-state index < -0.39 is 10.0 Å². The van der Waals surface area contributed by atoms with E-state index in [1.807, 2.05) is 32.9 Å². The van der Waals surface area contributed by atoms with Crippen LogP contribution in [0.15, 0.2) is 29.2 Å². The van der Waals surface area contributed by atoms with Crippen LogP contribution in [-0.2, 0) is 15.4 Å². The second kappa shape index (κ2) is 4.89. The Balaban J connectivity index is 2.46. The number of sulfonamides is 1. The molecule has 0 spiro atoms. The summed E-state index contributed by atoms with van der Waals surface area (Å²) < 4.78 is 27.0. The fourth-order valence-electron chi connectivity index (χ4n) is 2.19. The minimum Gasteiger partial charge on any atom is -0.313 e. The predicted molar refractivity (Wildman–Crippen MR) is 76.7 cm³/mol. The third-order valence-electron chi connectivity index (χ3n) is 3.63. The van der Waals surface area contributed by atoms with Crippen molar-refractivity contribution in [2.24, 2.45) is 0 Å². The molecule has 0 radical (unpaired) electrons. The zero-order valence-corrected chi connectivity index (χ0v) is 12.8. The highest BCUT2D eigenvalue weighted by Gasteiger charge is 2.34. The Bertz CT molecular complexity index is 557. The summed E-state index contributed by atoms with van der Waals surface area (Å²) in [5, 5.41) is 3.10. The van der Waals surface area contributed by atoms with Gasteiger partial charge in [0.25, 0.3) is 0 Å². The van der Waals surface area contributed by atoms with Gasteiger partial charge in [0, 0.05) is 26.2 Å². The van der Waals surface area contributed by atoms with Crippen LogP contribution in [0.3, 0.4) is 0 Å². The van der Waals surface area contributed by atoms with Gasteiger partial charge in [0.05, 0.1) is 4.90 Å². The molecule has 1 N–H and O–H groups in total. The van der Waals surface area contributed by atoms with Gasteiger partial charge in [0.2, 0.25) is 10.0 Å². The largest absolute Gasteiger partial charge is 0.313 e. The lowest BCUT2D eigenvalue weighted by atomic mass is 9.87. The third-order valence-corrected chi connectivity index (χ3v) is 5.59. The number of nitrogens with one attached hydrogen (secondary N) is 1. The van der Waals surface area contributed by atoms with Gasteiger partial charge >= 0.3 is 0 Å². The Labute approximate surface area is 115 Å². The van der Waals surface area contributed by atoms with Gasteiger partial charge < -0.3 is 5.32 Å². The molecule has 0 aromatic heterocycles. The SMILES string of the molecule is CN(C1CNC1)S(=O)(=O)c1ccccc1C(C)(C)C. The van der Waals surface area contributed by atoms with Gasteiger partial charge in [-0.2, -0.15) is 4.31 Å². The highest BCUT2D eigenvalue weighted by Crippen LogP contribution is 2.30. The Kier molecular flexibility index (Phi) is 3.73. The highest BCUT2D eigenvalue weighted by atomic mass is 32.2. The molecule has 0 amide bonds. The van der Waals surface area contributed by atoms with Crippen LogP contribution in [0.1, 0.15) is 26.3 Å². The van der Waals surface area contributed by atoms with Gasteiger partial charge in [0.15, 0.2) is 0 Å². The lowest BCUT2D eigenvalue weighted by Gasteiger charge is -2.35. The normalized spacial score (nSPS) is 17.5. The molecule has 0 atom stereocenters. The minimum atomic E-state index is -3.42. The van der Waals surface area contributed by atoms with Crippen LogP contribution >= 0.6 is 0 Å². The summed E-state index contributed by atoms with van der Waals surface area (Å²) >= 11 is 0. The number of hydrogen-bond donors (Lipinski definition) is 1. The summed E-state index contributed by atoms with van der Waals surface area (Å²) in [6.45, 7) is 7.56. The van der Waals surface area contributed by atoms with Crippen molar-refractivity contribution < 1.29 is 8.42 Å². The van der Waals surface area contributed by atoms with Gasteiger partial charge in [-0.05, 0) is 17.0 Å². The molecular formula is C14H22N2O2S. The molecule has 19 heavy (non-hydrogen) atoms. The van der Waals surface area contributed by atoms with E-state index in [1.165, 1.54) is 4.31 Å². The predicted octanol–water partition coefficient (Wildman–Crippen LogP) is 1.58. The first-order valence-corrected chi connectivity index (χ1v) is 7.97. The van der Waals surface area contributed by atoms with Crippen LogP contribution in [0, 0.1) is 0 Å². The molecule has 106 valence electrons. The van der Waals surface area contributed by atoms with Crippen molar-refractivity contribution in [1.82, 2.24) is 9.62 Å². The molecule has 1 aromatic rings. The monoisotopic (exact) mass is 282 g/mol. The van der Waals surface area contributed by atoms with Crippen molar-refractivity contribution in [1.29, 1.82) is 0 Å². The van der Waals surface area contributed by atoms with Crippen LogP contribution in [0.25, 0.3) is 0 Å². The molecule has 2 rings (SSSR count). The van der Waals surface area contributed by atoms with Crippen molar-refractivity contribution in [2.45, 2.75) is 37.1 Å². The van der Waals surface area contributed by atoms with E-state index in [0.717, 1.165) is 18.7 Å². The standard InChI is InChI=1S/C14H22N2O2S/c1-14(2,3)12-7-5-6-8-13(12)19(17,18)16(4)11-9-15-10-11/h5-8,11,15H,9-10H2,1-4H3. The first kappa shape index (κ1) is 14.5. The highest BCUT2D eigenvalue weighted by molar-refractivity contribution is 7.89. The van der Waals surface area contributed by atoms with Crippen LogP contribution in [0.5, 0.6) is 0 Å². The summed E-state index contributed by atoms with van der Waals surface area (Å²) in [6, 6.07) is 7.36. The number of benzene rings is 1. The van der Waals surface area contributed by atoms with Crippen molar-refractivity contribution >= 4 is 10.0 Å². The van der Waals surface area contributed by atoms with Crippen molar-refractivity contribution in [3.63, 3.8) is 0 Å². The molecule has 1 saturated heterocycles. The average Bonchev–Trinajstić information content (AvgIpc) is 2.25. The van der Waals surface area contributed by atoms with Crippen molar-refractivity contribution in [3.8, 4) is 0 Å².